The summed E-state index contributed by atoms with van der Waals surface area (Å²) in [7, 11) is 0. The van der Waals surface area contributed by atoms with Crippen molar-refractivity contribution >= 4 is 6.09 Å². The van der Waals surface area contributed by atoms with E-state index in [9.17, 15) is 4.79 Å². The Morgan fingerprint density at radius 2 is 1.66 bits per heavy atom. The van der Waals surface area contributed by atoms with Gasteiger partial charge >= 0.3 is 6.09 Å². The number of benzene rings is 1. The van der Waals surface area contributed by atoms with Crippen LogP contribution in [0.4, 0.5) is 4.79 Å². The Labute approximate surface area is 192 Å². The molecular formula is C26H38N4O2. The molecule has 174 valence electrons. The molecule has 2 heterocycles. The van der Waals surface area contributed by atoms with Crippen molar-refractivity contribution in [2.45, 2.75) is 96.6 Å². The van der Waals surface area contributed by atoms with E-state index in [-0.39, 0.29) is 23.0 Å². The number of rotatable bonds is 2. The van der Waals surface area contributed by atoms with Crippen LogP contribution < -0.4 is 0 Å². The number of carbonyl (C=O) groups excluding carboxylic acids is 1. The Morgan fingerprint density at radius 1 is 1.03 bits per heavy atom. The molecule has 0 atom stereocenters. The number of hydrogen-bond donors (Lipinski definition) is 0. The van der Waals surface area contributed by atoms with Crippen LogP contribution in [0.1, 0.15) is 91.3 Å². The van der Waals surface area contributed by atoms with Gasteiger partial charge in [-0.25, -0.2) is 9.48 Å². The van der Waals surface area contributed by atoms with E-state index in [2.05, 4.69) is 62.4 Å². The second-order valence-corrected chi connectivity index (χ2v) is 11.8. The second kappa shape index (κ2) is 7.89. The molecule has 1 saturated heterocycles. The van der Waals surface area contributed by atoms with E-state index in [4.69, 9.17) is 4.74 Å². The average molecular weight is 439 g/mol. The molecule has 1 aliphatic carbocycles. The summed E-state index contributed by atoms with van der Waals surface area (Å²) < 4.78 is 7.49. The lowest BCUT2D eigenvalue weighted by atomic mass is 9.63. The largest absolute Gasteiger partial charge is 0.444 e. The molecule has 4 rings (SSSR count). The molecule has 1 aromatic carbocycles. The number of aromatic nitrogens is 3. The summed E-state index contributed by atoms with van der Waals surface area (Å²) in [6, 6.07) is 7.07. The third-order valence-electron chi connectivity index (χ3n) is 7.15. The van der Waals surface area contributed by atoms with Gasteiger partial charge in [0.25, 0.3) is 0 Å². The fourth-order valence-electron chi connectivity index (χ4n) is 4.97. The molecule has 0 bridgehead atoms. The highest BCUT2D eigenvalue weighted by atomic mass is 16.6. The van der Waals surface area contributed by atoms with E-state index >= 15 is 0 Å². The maximum atomic E-state index is 12.3. The highest BCUT2D eigenvalue weighted by molar-refractivity contribution is 5.68. The van der Waals surface area contributed by atoms with E-state index in [1.807, 2.05) is 25.5 Å². The van der Waals surface area contributed by atoms with E-state index < -0.39 is 5.60 Å². The Morgan fingerprint density at radius 3 is 2.28 bits per heavy atom. The van der Waals surface area contributed by atoms with Crippen molar-refractivity contribution < 1.29 is 9.53 Å². The van der Waals surface area contributed by atoms with Crippen molar-refractivity contribution in [1.82, 2.24) is 19.9 Å². The van der Waals surface area contributed by atoms with Crippen molar-refractivity contribution in [3.63, 3.8) is 0 Å². The van der Waals surface area contributed by atoms with Crippen LogP contribution in [-0.4, -0.2) is 44.7 Å². The van der Waals surface area contributed by atoms with E-state index in [0.717, 1.165) is 24.1 Å². The molecule has 0 saturated carbocycles. The minimum Gasteiger partial charge on any atom is -0.444 e. The molecule has 1 aliphatic heterocycles. The summed E-state index contributed by atoms with van der Waals surface area (Å²) in [4.78, 5) is 14.1. The Balaban J connectivity index is 1.48. The van der Waals surface area contributed by atoms with E-state index in [1.54, 1.807) is 4.90 Å². The minimum absolute atomic E-state index is 0.172. The number of nitrogens with zero attached hydrogens (tertiary/aromatic N) is 4. The maximum absolute atomic E-state index is 12.3. The van der Waals surface area contributed by atoms with Gasteiger partial charge in [0.2, 0.25) is 0 Å². The predicted octanol–water partition coefficient (Wildman–Crippen LogP) is 5.87. The number of hydrogen-bond acceptors (Lipinski definition) is 4. The molecule has 2 aromatic rings. The van der Waals surface area contributed by atoms with Crippen LogP contribution in [-0.2, 0) is 15.6 Å². The monoisotopic (exact) mass is 438 g/mol. The van der Waals surface area contributed by atoms with Gasteiger partial charge in [0.05, 0.1) is 12.2 Å². The van der Waals surface area contributed by atoms with Crippen LogP contribution in [0.3, 0.4) is 0 Å². The normalized spacial score (nSPS) is 20.7. The number of piperidine rings is 1. The topological polar surface area (TPSA) is 60.2 Å². The summed E-state index contributed by atoms with van der Waals surface area (Å²) in [6.07, 6.45) is 5.95. The van der Waals surface area contributed by atoms with Crippen LogP contribution in [0, 0.1) is 0 Å². The molecule has 0 N–H and O–H groups in total. The standard InChI is InChI=1S/C26H38N4O2/c1-24(2,3)32-23(31)29-14-10-19(11-15-29)30-17-22(27-28-30)18-8-9-20-21(16-18)26(6,7)13-12-25(20,4)5/h8-9,16-17,19H,10-15H2,1-7H3. The summed E-state index contributed by atoms with van der Waals surface area (Å²) in [5.41, 5.74) is 4.86. The third kappa shape index (κ3) is 4.55. The van der Waals surface area contributed by atoms with Gasteiger partial charge in [-0.1, -0.05) is 45.0 Å². The number of amides is 1. The van der Waals surface area contributed by atoms with Crippen LogP contribution in [0.5, 0.6) is 0 Å². The van der Waals surface area contributed by atoms with Crippen molar-refractivity contribution in [3.8, 4) is 11.3 Å². The van der Waals surface area contributed by atoms with Crippen molar-refractivity contribution in [2.24, 2.45) is 0 Å². The highest BCUT2D eigenvalue weighted by Crippen LogP contribution is 2.46. The Kier molecular flexibility index (Phi) is 5.62. The zero-order chi connectivity index (χ0) is 23.3. The van der Waals surface area contributed by atoms with Crippen molar-refractivity contribution in [1.29, 1.82) is 0 Å². The van der Waals surface area contributed by atoms with E-state index in [1.165, 1.54) is 24.0 Å². The van der Waals surface area contributed by atoms with Gasteiger partial charge in [-0.2, -0.15) is 0 Å². The van der Waals surface area contributed by atoms with Gasteiger partial charge in [0.1, 0.15) is 11.3 Å². The van der Waals surface area contributed by atoms with Crippen LogP contribution in [0.25, 0.3) is 11.3 Å². The van der Waals surface area contributed by atoms with Gasteiger partial charge < -0.3 is 9.64 Å². The molecule has 0 spiro atoms. The lowest BCUT2D eigenvalue weighted by Crippen LogP contribution is -2.42. The summed E-state index contributed by atoms with van der Waals surface area (Å²) >= 11 is 0. The van der Waals surface area contributed by atoms with Crippen LogP contribution in [0.2, 0.25) is 0 Å². The molecule has 0 unspecified atom stereocenters. The number of likely N-dealkylation sites (tertiary alicyclic amines) is 1. The first-order valence-corrected chi connectivity index (χ1v) is 11.9. The molecular weight excluding hydrogens is 400 g/mol. The molecule has 2 aliphatic rings. The predicted molar refractivity (Wildman–Crippen MR) is 127 cm³/mol. The first-order chi connectivity index (χ1) is 14.9. The molecule has 0 radical (unpaired) electrons. The lowest BCUT2D eigenvalue weighted by Gasteiger charge is -2.42. The molecule has 6 nitrogen and oxygen atoms in total. The number of ether oxygens (including phenoxy) is 1. The van der Waals surface area contributed by atoms with Gasteiger partial charge in [-0.3, -0.25) is 0 Å². The zero-order valence-corrected chi connectivity index (χ0v) is 20.7. The summed E-state index contributed by atoms with van der Waals surface area (Å²) in [5.74, 6) is 0. The maximum Gasteiger partial charge on any atom is 0.410 e. The minimum atomic E-state index is -0.465. The fraction of sp³-hybridized carbons (Fsp3) is 0.654. The molecule has 32 heavy (non-hydrogen) atoms. The smallest absolute Gasteiger partial charge is 0.410 e. The van der Waals surface area contributed by atoms with Gasteiger partial charge in [-0.05, 0) is 74.5 Å². The SMILES string of the molecule is CC(C)(C)OC(=O)N1CCC(n2cc(-c3ccc4c(c3)C(C)(C)CCC4(C)C)nn2)CC1. The first-order valence-electron chi connectivity index (χ1n) is 11.9. The van der Waals surface area contributed by atoms with Gasteiger partial charge in [0.15, 0.2) is 0 Å². The Hall–Kier alpha value is -2.37. The lowest BCUT2D eigenvalue weighted by molar-refractivity contribution is 0.0184. The van der Waals surface area contributed by atoms with E-state index in [0.29, 0.717) is 13.1 Å². The zero-order valence-electron chi connectivity index (χ0n) is 20.7. The van der Waals surface area contributed by atoms with Gasteiger partial charge in [0, 0.05) is 18.7 Å². The highest BCUT2D eigenvalue weighted by Gasteiger charge is 2.37. The molecule has 1 amide bonds. The summed E-state index contributed by atoms with van der Waals surface area (Å²) in [6.45, 7) is 16.4. The molecule has 1 aromatic heterocycles. The van der Waals surface area contributed by atoms with Crippen LogP contribution in [0.15, 0.2) is 24.4 Å². The van der Waals surface area contributed by atoms with Crippen molar-refractivity contribution in [3.05, 3.63) is 35.5 Å². The average Bonchev–Trinajstić information content (AvgIpc) is 3.20. The number of fused-ring (bicyclic) bond motifs is 1. The van der Waals surface area contributed by atoms with Crippen molar-refractivity contribution in [2.75, 3.05) is 13.1 Å². The molecule has 6 heteroatoms. The van der Waals surface area contributed by atoms with Crippen LogP contribution >= 0.6 is 0 Å². The third-order valence-corrected chi connectivity index (χ3v) is 7.15. The second-order valence-electron chi connectivity index (χ2n) is 11.8. The Bertz CT molecular complexity index is 991. The summed E-state index contributed by atoms with van der Waals surface area (Å²) in [5, 5.41) is 8.96. The quantitative estimate of drug-likeness (QED) is 0.589. The number of carbonyl (C=O) groups is 1. The van der Waals surface area contributed by atoms with Gasteiger partial charge in [-0.15, -0.1) is 5.10 Å². The first kappa shape index (κ1) is 22.8. The fourth-order valence-corrected chi connectivity index (χ4v) is 4.97. The molecule has 1 fully saturated rings.